The van der Waals surface area contributed by atoms with Gasteiger partial charge in [0.25, 0.3) is 5.91 Å². The van der Waals surface area contributed by atoms with Crippen LogP contribution >= 0.6 is 27.3 Å². The third kappa shape index (κ3) is 2.82. The standard InChI is InChI=1S/C14H15BrN2OS/c1-3-9-6-7-19-13(9)14(18)17(2)12-5-4-10(15)8-11(12)16/h4-8H,3,16H2,1-2H3. The zero-order valence-corrected chi connectivity index (χ0v) is 13.2. The van der Waals surface area contributed by atoms with Crippen LogP contribution < -0.4 is 10.6 Å². The molecule has 0 unspecified atom stereocenters. The van der Waals surface area contributed by atoms with E-state index in [1.54, 1.807) is 18.0 Å². The van der Waals surface area contributed by atoms with Gasteiger partial charge in [0.15, 0.2) is 0 Å². The molecule has 0 aliphatic rings. The molecule has 0 aliphatic carbocycles. The predicted molar refractivity (Wildman–Crippen MR) is 85.0 cm³/mol. The monoisotopic (exact) mass is 338 g/mol. The van der Waals surface area contributed by atoms with Crippen LogP contribution in [-0.2, 0) is 6.42 Å². The van der Waals surface area contributed by atoms with Crippen molar-refractivity contribution in [2.45, 2.75) is 13.3 Å². The lowest BCUT2D eigenvalue weighted by atomic mass is 10.2. The molecule has 3 nitrogen and oxygen atoms in total. The normalized spacial score (nSPS) is 10.5. The van der Waals surface area contributed by atoms with Gasteiger partial charge in [-0.1, -0.05) is 22.9 Å². The first-order chi connectivity index (χ1) is 9.04. The van der Waals surface area contributed by atoms with Gasteiger partial charge in [-0.25, -0.2) is 0 Å². The van der Waals surface area contributed by atoms with E-state index in [0.29, 0.717) is 5.69 Å². The van der Waals surface area contributed by atoms with Gasteiger partial charge < -0.3 is 10.6 Å². The molecule has 0 spiro atoms. The first kappa shape index (κ1) is 14.1. The lowest BCUT2D eigenvalue weighted by Crippen LogP contribution is -2.27. The number of thiophene rings is 1. The minimum Gasteiger partial charge on any atom is -0.397 e. The van der Waals surface area contributed by atoms with Crippen molar-refractivity contribution in [3.05, 3.63) is 44.6 Å². The Kier molecular flexibility index (Phi) is 4.27. The fourth-order valence-corrected chi connectivity index (χ4v) is 3.24. The molecular formula is C14H15BrN2OS. The predicted octanol–water partition coefficient (Wildman–Crippen LogP) is 3.93. The SMILES string of the molecule is CCc1ccsc1C(=O)N(C)c1ccc(Br)cc1N. The second-order valence-electron chi connectivity index (χ2n) is 4.20. The number of nitrogens with two attached hydrogens (primary N) is 1. The van der Waals surface area contributed by atoms with Gasteiger partial charge in [0, 0.05) is 11.5 Å². The fourth-order valence-electron chi connectivity index (χ4n) is 1.89. The second-order valence-corrected chi connectivity index (χ2v) is 6.03. The van der Waals surface area contributed by atoms with Crippen LogP contribution in [0.2, 0.25) is 0 Å². The van der Waals surface area contributed by atoms with Crippen molar-refractivity contribution in [1.82, 2.24) is 0 Å². The van der Waals surface area contributed by atoms with Crippen molar-refractivity contribution >= 4 is 44.5 Å². The van der Waals surface area contributed by atoms with Gasteiger partial charge in [-0.15, -0.1) is 11.3 Å². The lowest BCUT2D eigenvalue weighted by molar-refractivity contribution is 0.0996. The summed E-state index contributed by atoms with van der Waals surface area (Å²) < 4.78 is 0.903. The molecule has 0 radical (unpaired) electrons. The Hall–Kier alpha value is -1.33. The summed E-state index contributed by atoms with van der Waals surface area (Å²) in [6.45, 7) is 2.05. The van der Waals surface area contributed by atoms with Crippen LogP contribution in [0.1, 0.15) is 22.2 Å². The fraction of sp³-hybridized carbons (Fsp3) is 0.214. The number of hydrogen-bond donors (Lipinski definition) is 1. The molecule has 5 heteroatoms. The summed E-state index contributed by atoms with van der Waals surface area (Å²) in [6, 6.07) is 7.52. The van der Waals surface area contributed by atoms with Crippen LogP contribution in [0, 0.1) is 0 Å². The molecule has 1 heterocycles. The van der Waals surface area contributed by atoms with Crippen LogP contribution in [0.5, 0.6) is 0 Å². The summed E-state index contributed by atoms with van der Waals surface area (Å²) in [5.74, 6) is -0.0131. The number of benzene rings is 1. The Morgan fingerprint density at radius 2 is 2.16 bits per heavy atom. The Balaban J connectivity index is 2.33. The van der Waals surface area contributed by atoms with E-state index in [1.807, 2.05) is 30.5 Å². The van der Waals surface area contributed by atoms with Crippen molar-refractivity contribution in [3.8, 4) is 0 Å². The van der Waals surface area contributed by atoms with Crippen LogP contribution in [0.25, 0.3) is 0 Å². The van der Waals surface area contributed by atoms with E-state index in [-0.39, 0.29) is 5.91 Å². The molecule has 2 N–H and O–H groups in total. The number of aryl methyl sites for hydroxylation is 1. The lowest BCUT2D eigenvalue weighted by Gasteiger charge is -2.19. The maximum absolute atomic E-state index is 12.5. The molecule has 0 saturated heterocycles. The molecule has 0 bridgehead atoms. The molecule has 0 fully saturated rings. The van der Waals surface area contributed by atoms with E-state index in [4.69, 9.17) is 5.73 Å². The highest BCUT2D eigenvalue weighted by molar-refractivity contribution is 9.10. The average molecular weight is 339 g/mol. The number of nitrogens with zero attached hydrogens (tertiary/aromatic N) is 1. The number of halogens is 1. The summed E-state index contributed by atoms with van der Waals surface area (Å²) in [5.41, 5.74) is 8.35. The van der Waals surface area contributed by atoms with Crippen molar-refractivity contribution in [2.75, 3.05) is 17.7 Å². The third-order valence-electron chi connectivity index (χ3n) is 2.98. The summed E-state index contributed by atoms with van der Waals surface area (Å²) in [4.78, 5) is 14.9. The van der Waals surface area contributed by atoms with Gasteiger partial charge in [-0.3, -0.25) is 4.79 Å². The van der Waals surface area contributed by atoms with E-state index < -0.39 is 0 Å². The number of rotatable bonds is 3. The minimum atomic E-state index is -0.0131. The molecule has 0 aliphatic heterocycles. The highest BCUT2D eigenvalue weighted by Gasteiger charge is 2.19. The Morgan fingerprint density at radius 1 is 1.42 bits per heavy atom. The van der Waals surface area contributed by atoms with E-state index in [2.05, 4.69) is 15.9 Å². The molecule has 0 saturated carbocycles. The largest absolute Gasteiger partial charge is 0.397 e. The zero-order valence-electron chi connectivity index (χ0n) is 10.8. The van der Waals surface area contributed by atoms with Crippen LogP contribution in [0.15, 0.2) is 34.1 Å². The molecule has 1 aromatic carbocycles. The van der Waals surface area contributed by atoms with E-state index in [9.17, 15) is 4.79 Å². The molecule has 100 valence electrons. The average Bonchev–Trinajstić information content (AvgIpc) is 2.85. The summed E-state index contributed by atoms with van der Waals surface area (Å²) in [7, 11) is 1.75. The van der Waals surface area contributed by atoms with Crippen LogP contribution in [-0.4, -0.2) is 13.0 Å². The minimum absolute atomic E-state index is 0.0131. The molecule has 1 aromatic heterocycles. The zero-order chi connectivity index (χ0) is 14.0. The summed E-state index contributed by atoms with van der Waals surface area (Å²) >= 11 is 4.84. The first-order valence-corrected chi connectivity index (χ1v) is 7.61. The second kappa shape index (κ2) is 5.75. The quantitative estimate of drug-likeness (QED) is 0.861. The topological polar surface area (TPSA) is 46.3 Å². The van der Waals surface area contributed by atoms with Crippen molar-refractivity contribution in [1.29, 1.82) is 0 Å². The van der Waals surface area contributed by atoms with Crippen LogP contribution in [0.4, 0.5) is 11.4 Å². The molecule has 0 atom stereocenters. The maximum Gasteiger partial charge on any atom is 0.268 e. The Bertz CT molecular complexity index is 609. The molecule has 2 rings (SSSR count). The van der Waals surface area contributed by atoms with Gasteiger partial charge in [-0.05, 0) is 41.6 Å². The Morgan fingerprint density at radius 3 is 2.79 bits per heavy atom. The smallest absolute Gasteiger partial charge is 0.268 e. The van der Waals surface area contributed by atoms with E-state index >= 15 is 0 Å². The van der Waals surface area contributed by atoms with Gasteiger partial charge in [-0.2, -0.15) is 0 Å². The van der Waals surface area contributed by atoms with E-state index in [1.165, 1.54) is 11.3 Å². The Labute approximate surface area is 125 Å². The number of amides is 1. The van der Waals surface area contributed by atoms with Gasteiger partial charge in [0.05, 0.1) is 16.3 Å². The number of anilines is 2. The summed E-state index contributed by atoms with van der Waals surface area (Å²) in [5, 5.41) is 1.95. The molecular weight excluding hydrogens is 324 g/mol. The number of carbonyl (C=O) groups is 1. The number of carbonyl (C=O) groups excluding carboxylic acids is 1. The van der Waals surface area contributed by atoms with Gasteiger partial charge in [0.2, 0.25) is 0 Å². The van der Waals surface area contributed by atoms with E-state index in [0.717, 1.165) is 27.0 Å². The highest BCUT2D eigenvalue weighted by atomic mass is 79.9. The van der Waals surface area contributed by atoms with Gasteiger partial charge in [0.1, 0.15) is 0 Å². The van der Waals surface area contributed by atoms with Crippen molar-refractivity contribution in [3.63, 3.8) is 0 Å². The van der Waals surface area contributed by atoms with Crippen LogP contribution in [0.3, 0.4) is 0 Å². The molecule has 1 amide bonds. The summed E-state index contributed by atoms with van der Waals surface area (Å²) in [6.07, 6.45) is 0.855. The third-order valence-corrected chi connectivity index (χ3v) is 4.42. The van der Waals surface area contributed by atoms with Gasteiger partial charge >= 0.3 is 0 Å². The molecule has 2 aromatic rings. The molecule has 19 heavy (non-hydrogen) atoms. The van der Waals surface area contributed by atoms with Crippen molar-refractivity contribution in [2.24, 2.45) is 0 Å². The maximum atomic E-state index is 12.5. The number of hydrogen-bond acceptors (Lipinski definition) is 3. The number of nitrogen functional groups attached to an aromatic ring is 1. The highest BCUT2D eigenvalue weighted by Crippen LogP contribution is 2.28. The van der Waals surface area contributed by atoms with Crippen molar-refractivity contribution < 1.29 is 4.79 Å². The first-order valence-electron chi connectivity index (χ1n) is 5.94.